The standard InChI is InChI=1S/C31H38N2O3S/c1-2-19-33(20-17-27-12-8-21-37-27)26-15-16-28-25(23-26)11-6-13-29(28)36-31(35)14-7-18-32-30(34)22-24-9-4-3-5-10-24/h3-6,8-13,21,26H,2,7,14-20,22-23H2,1H3,(H,32,34)/t26-/m0/s1. The fourth-order valence-corrected chi connectivity index (χ4v) is 5.81. The molecule has 0 saturated heterocycles. The van der Waals surface area contributed by atoms with Crippen LogP contribution in [0, 0.1) is 0 Å². The summed E-state index contributed by atoms with van der Waals surface area (Å²) in [6, 6.07) is 20.6. The Kier molecular flexibility index (Phi) is 10.3. The first-order valence-electron chi connectivity index (χ1n) is 13.5. The zero-order valence-electron chi connectivity index (χ0n) is 21.8. The molecule has 6 heteroatoms. The Bertz CT molecular complexity index is 1130. The fourth-order valence-electron chi connectivity index (χ4n) is 5.11. The van der Waals surface area contributed by atoms with Crippen LogP contribution in [-0.2, 0) is 35.3 Å². The van der Waals surface area contributed by atoms with E-state index in [9.17, 15) is 9.59 Å². The number of hydrogen-bond acceptors (Lipinski definition) is 5. The van der Waals surface area contributed by atoms with Crippen molar-refractivity contribution in [2.75, 3.05) is 19.6 Å². The van der Waals surface area contributed by atoms with Crippen molar-refractivity contribution >= 4 is 23.2 Å². The van der Waals surface area contributed by atoms with E-state index in [1.807, 2.05) is 53.8 Å². The van der Waals surface area contributed by atoms with Gasteiger partial charge >= 0.3 is 5.97 Å². The monoisotopic (exact) mass is 518 g/mol. The number of benzene rings is 2. The molecule has 1 aromatic heterocycles. The highest BCUT2D eigenvalue weighted by Crippen LogP contribution is 2.32. The Morgan fingerprint density at radius 3 is 2.70 bits per heavy atom. The maximum absolute atomic E-state index is 12.5. The summed E-state index contributed by atoms with van der Waals surface area (Å²) < 4.78 is 5.79. The van der Waals surface area contributed by atoms with Crippen LogP contribution in [0.15, 0.2) is 66.0 Å². The molecule has 1 aliphatic rings. The first kappa shape index (κ1) is 27.1. The molecular weight excluding hydrogens is 480 g/mol. The molecule has 1 N–H and O–H groups in total. The van der Waals surface area contributed by atoms with E-state index in [0.29, 0.717) is 31.2 Å². The van der Waals surface area contributed by atoms with Crippen molar-refractivity contribution in [3.05, 3.63) is 87.6 Å². The van der Waals surface area contributed by atoms with Gasteiger partial charge in [0, 0.05) is 30.4 Å². The van der Waals surface area contributed by atoms with Crippen LogP contribution in [0.2, 0.25) is 0 Å². The summed E-state index contributed by atoms with van der Waals surface area (Å²) in [6.07, 6.45) is 6.46. The maximum Gasteiger partial charge on any atom is 0.311 e. The zero-order valence-corrected chi connectivity index (χ0v) is 22.6. The molecule has 0 unspecified atom stereocenters. The van der Waals surface area contributed by atoms with Crippen LogP contribution in [-0.4, -0.2) is 42.5 Å². The molecule has 0 aliphatic heterocycles. The van der Waals surface area contributed by atoms with Gasteiger partial charge in [0.25, 0.3) is 0 Å². The summed E-state index contributed by atoms with van der Waals surface area (Å²) in [4.78, 5) is 28.7. The van der Waals surface area contributed by atoms with E-state index in [-0.39, 0.29) is 18.3 Å². The number of carbonyl (C=O) groups is 2. The Morgan fingerprint density at radius 2 is 1.92 bits per heavy atom. The summed E-state index contributed by atoms with van der Waals surface area (Å²) in [6.45, 7) is 4.92. The highest BCUT2D eigenvalue weighted by Gasteiger charge is 2.26. The molecule has 196 valence electrons. The van der Waals surface area contributed by atoms with Crippen molar-refractivity contribution in [1.29, 1.82) is 0 Å². The number of esters is 1. The van der Waals surface area contributed by atoms with Crippen molar-refractivity contribution in [2.24, 2.45) is 0 Å². The molecule has 0 bridgehead atoms. The maximum atomic E-state index is 12.5. The average molecular weight is 519 g/mol. The number of nitrogens with zero attached hydrogens (tertiary/aromatic N) is 1. The molecule has 37 heavy (non-hydrogen) atoms. The molecule has 0 radical (unpaired) electrons. The third-order valence-corrected chi connectivity index (χ3v) is 7.91. The van der Waals surface area contributed by atoms with Crippen LogP contribution < -0.4 is 10.1 Å². The van der Waals surface area contributed by atoms with E-state index in [1.165, 1.54) is 16.0 Å². The normalized spacial score (nSPS) is 14.8. The molecule has 2 aromatic carbocycles. The summed E-state index contributed by atoms with van der Waals surface area (Å²) in [5.74, 6) is 0.435. The second kappa shape index (κ2) is 14.1. The molecule has 4 rings (SSSR count). The predicted molar refractivity (Wildman–Crippen MR) is 150 cm³/mol. The van der Waals surface area contributed by atoms with Crippen molar-refractivity contribution in [3.8, 4) is 5.75 Å². The minimum Gasteiger partial charge on any atom is -0.426 e. The largest absolute Gasteiger partial charge is 0.426 e. The van der Waals surface area contributed by atoms with Crippen LogP contribution in [0.25, 0.3) is 0 Å². The Morgan fingerprint density at radius 1 is 1.05 bits per heavy atom. The molecule has 1 heterocycles. The average Bonchev–Trinajstić information content (AvgIpc) is 3.43. The molecule has 3 aromatic rings. The van der Waals surface area contributed by atoms with E-state index >= 15 is 0 Å². The lowest BCUT2D eigenvalue weighted by Gasteiger charge is -2.35. The van der Waals surface area contributed by atoms with Gasteiger partial charge in [-0.2, -0.15) is 0 Å². The van der Waals surface area contributed by atoms with Crippen LogP contribution in [0.5, 0.6) is 5.75 Å². The summed E-state index contributed by atoms with van der Waals surface area (Å²) in [7, 11) is 0. The molecule has 1 atom stereocenters. The van der Waals surface area contributed by atoms with E-state index in [2.05, 4.69) is 40.7 Å². The quantitative estimate of drug-likeness (QED) is 0.182. The van der Waals surface area contributed by atoms with Crippen LogP contribution in [0.3, 0.4) is 0 Å². The smallest absolute Gasteiger partial charge is 0.311 e. The minimum absolute atomic E-state index is 0.0289. The molecule has 0 spiro atoms. The zero-order chi connectivity index (χ0) is 25.9. The number of fused-ring (bicyclic) bond motifs is 1. The topological polar surface area (TPSA) is 58.6 Å². The van der Waals surface area contributed by atoms with Gasteiger partial charge in [-0.05, 0) is 79.3 Å². The number of carbonyl (C=O) groups excluding carboxylic acids is 2. The third kappa shape index (κ3) is 8.27. The van der Waals surface area contributed by atoms with Crippen LogP contribution >= 0.6 is 11.3 Å². The van der Waals surface area contributed by atoms with E-state index in [4.69, 9.17) is 4.74 Å². The second-order valence-electron chi connectivity index (χ2n) is 9.75. The lowest BCUT2D eigenvalue weighted by atomic mass is 9.86. The number of amides is 1. The second-order valence-corrected chi connectivity index (χ2v) is 10.8. The molecule has 1 aliphatic carbocycles. The predicted octanol–water partition coefficient (Wildman–Crippen LogP) is 5.60. The van der Waals surface area contributed by atoms with Gasteiger partial charge in [-0.25, -0.2) is 0 Å². The van der Waals surface area contributed by atoms with Crippen molar-refractivity contribution in [3.63, 3.8) is 0 Å². The van der Waals surface area contributed by atoms with Gasteiger partial charge in [0.2, 0.25) is 5.91 Å². The van der Waals surface area contributed by atoms with Gasteiger partial charge in [-0.3, -0.25) is 14.5 Å². The first-order chi connectivity index (χ1) is 18.1. The van der Waals surface area contributed by atoms with Crippen molar-refractivity contribution < 1.29 is 14.3 Å². The molecular formula is C31H38N2O3S. The molecule has 1 amide bonds. The minimum atomic E-state index is -0.239. The number of ether oxygens (including phenoxy) is 1. The highest BCUT2D eigenvalue weighted by molar-refractivity contribution is 7.09. The summed E-state index contributed by atoms with van der Waals surface area (Å²) >= 11 is 1.84. The highest BCUT2D eigenvalue weighted by atomic mass is 32.1. The van der Waals surface area contributed by atoms with E-state index in [1.54, 1.807) is 0 Å². The SMILES string of the molecule is CCCN(CCc1cccs1)[C@H]1CCc2c(cccc2OC(=O)CCCNC(=O)Cc2ccccc2)C1. The van der Waals surface area contributed by atoms with Crippen molar-refractivity contribution in [1.82, 2.24) is 10.2 Å². The van der Waals surface area contributed by atoms with E-state index < -0.39 is 0 Å². The summed E-state index contributed by atoms with van der Waals surface area (Å²) in [5, 5.41) is 5.05. The number of rotatable bonds is 13. The Hall–Kier alpha value is -2.96. The first-order valence-corrected chi connectivity index (χ1v) is 14.4. The number of nitrogens with one attached hydrogen (secondary N) is 1. The van der Waals surface area contributed by atoms with E-state index in [0.717, 1.165) is 50.8 Å². The molecule has 5 nitrogen and oxygen atoms in total. The van der Waals surface area contributed by atoms with Gasteiger partial charge in [-0.15, -0.1) is 11.3 Å². The molecule has 0 fully saturated rings. The lowest BCUT2D eigenvalue weighted by Crippen LogP contribution is -2.41. The number of thiophene rings is 1. The fraction of sp³-hybridized carbons (Fsp3) is 0.419. The molecule has 0 saturated carbocycles. The lowest BCUT2D eigenvalue weighted by molar-refractivity contribution is -0.134. The van der Waals surface area contributed by atoms with Gasteiger partial charge in [0.1, 0.15) is 5.75 Å². The Labute approximate surface area is 224 Å². The summed E-state index contributed by atoms with van der Waals surface area (Å²) in [5.41, 5.74) is 3.46. The van der Waals surface area contributed by atoms with Crippen LogP contribution in [0.1, 0.15) is 54.2 Å². The number of hydrogen-bond donors (Lipinski definition) is 1. The van der Waals surface area contributed by atoms with Gasteiger partial charge in [-0.1, -0.05) is 55.5 Å². The van der Waals surface area contributed by atoms with Gasteiger partial charge < -0.3 is 10.1 Å². The van der Waals surface area contributed by atoms with Gasteiger partial charge in [0.15, 0.2) is 0 Å². The van der Waals surface area contributed by atoms with Crippen molar-refractivity contribution in [2.45, 2.75) is 64.3 Å². The third-order valence-electron chi connectivity index (χ3n) is 6.98. The van der Waals surface area contributed by atoms with Crippen LogP contribution in [0.4, 0.5) is 0 Å². The van der Waals surface area contributed by atoms with Gasteiger partial charge in [0.05, 0.1) is 6.42 Å². The Balaban J connectivity index is 1.24.